The van der Waals surface area contributed by atoms with Gasteiger partial charge in [0, 0.05) is 26.6 Å². The topological polar surface area (TPSA) is 42.7 Å². The molecule has 1 aromatic heterocycles. The molecule has 4 heteroatoms. The molecule has 2 rings (SSSR count). The number of nitrogens with one attached hydrogen (secondary N) is 1. The van der Waals surface area contributed by atoms with E-state index in [0.717, 1.165) is 25.3 Å². The van der Waals surface area contributed by atoms with Gasteiger partial charge >= 0.3 is 0 Å². The van der Waals surface area contributed by atoms with E-state index in [-0.39, 0.29) is 0 Å². The minimum atomic E-state index is 0.867. The van der Waals surface area contributed by atoms with E-state index in [4.69, 9.17) is 0 Å². The van der Waals surface area contributed by atoms with Crippen LogP contribution < -0.4 is 5.32 Å². The van der Waals surface area contributed by atoms with E-state index in [1.165, 1.54) is 16.7 Å². The maximum Gasteiger partial charge on any atom is 0.151 e. The van der Waals surface area contributed by atoms with Crippen molar-refractivity contribution >= 4 is 0 Å². The lowest BCUT2D eigenvalue weighted by molar-refractivity contribution is 0.660. The minimum absolute atomic E-state index is 0.867. The van der Waals surface area contributed by atoms with Crippen molar-refractivity contribution in [3.05, 3.63) is 47.0 Å². The zero-order valence-electron chi connectivity index (χ0n) is 11.3. The third kappa shape index (κ3) is 3.67. The van der Waals surface area contributed by atoms with Crippen LogP contribution >= 0.6 is 0 Å². The predicted octanol–water partition coefficient (Wildman–Crippen LogP) is 1.76. The fourth-order valence-electron chi connectivity index (χ4n) is 2.10. The molecule has 96 valence electrons. The second kappa shape index (κ2) is 5.78. The molecular weight excluding hydrogens is 224 g/mol. The van der Waals surface area contributed by atoms with Gasteiger partial charge in [0.2, 0.25) is 0 Å². The first-order valence-electron chi connectivity index (χ1n) is 6.26. The quantitative estimate of drug-likeness (QED) is 0.815. The highest BCUT2D eigenvalue weighted by Crippen LogP contribution is 2.08. The number of hydrogen-bond donors (Lipinski definition) is 1. The summed E-state index contributed by atoms with van der Waals surface area (Å²) >= 11 is 0. The Labute approximate surface area is 108 Å². The SMILES string of the molecule is Cc1cc(C)cc(CNCCc2ncn(C)n2)c1. The molecule has 1 N–H and O–H groups in total. The fraction of sp³-hybridized carbons (Fsp3) is 0.429. The van der Waals surface area contributed by atoms with Crippen molar-refractivity contribution in [2.75, 3.05) is 6.54 Å². The summed E-state index contributed by atoms with van der Waals surface area (Å²) in [6.07, 6.45) is 2.60. The van der Waals surface area contributed by atoms with Crippen molar-refractivity contribution in [1.29, 1.82) is 0 Å². The molecule has 0 atom stereocenters. The molecule has 1 heterocycles. The molecule has 0 bridgehead atoms. The summed E-state index contributed by atoms with van der Waals surface area (Å²) in [5.74, 6) is 0.894. The van der Waals surface area contributed by atoms with Gasteiger partial charge in [-0.2, -0.15) is 5.10 Å². The average molecular weight is 244 g/mol. The summed E-state index contributed by atoms with van der Waals surface area (Å²) in [5.41, 5.74) is 3.97. The van der Waals surface area contributed by atoms with Gasteiger partial charge in [-0.25, -0.2) is 4.98 Å². The van der Waals surface area contributed by atoms with Crippen LogP contribution in [-0.4, -0.2) is 21.3 Å². The summed E-state index contributed by atoms with van der Waals surface area (Å²) in [6.45, 7) is 6.06. The summed E-state index contributed by atoms with van der Waals surface area (Å²) in [7, 11) is 1.89. The molecule has 0 aliphatic heterocycles. The first-order valence-corrected chi connectivity index (χ1v) is 6.26. The number of rotatable bonds is 5. The van der Waals surface area contributed by atoms with E-state index in [1.807, 2.05) is 7.05 Å². The number of hydrogen-bond acceptors (Lipinski definition) is 3. The van der Waals surface area contributed by atoms with Crippen molar-refractivity contribution in [2.45, 2.75) is 26.8 Å². The van der Waals surface area contributed by atoms with Crippen LogP contribution in [0.25, 0.3) is 0 Å². The zero-order chi connectivity index (χ0) is 13.0. The van der Waals surface area contributed by atoms with Gasteiger partial charge in [0.05, 0.1) is 0 Å². The van der Waals surface area contributed by atoms with Gasteiger partial charge in [-0.1, -0.05) is 29.3 Å². The van der Waals surface area contributed by atoms with Crippen molar-refractivity contribution in [3.8, 4) is 0 Å². The molecule has 18 heavy (non-hydrogen) atoms. The van der Waals surface area contributed by atoms with Crippen molar-refractivity contribution < 1.29 is 0 Å². The normalized spacial score (nSPS) is 10.8. The van der Waals surface area contributed by atoms with Crippen LogP contribution in [0.5, 0.6) is 0 Å². The number of nitrogens with zero attached hydrogens (tertiary/aromatic N) is 3. The molecule has 2 aromatic rings. The third-order valence-electron chi connectivity index (χ3n) is 2.78. The first kappa shape index (κ1) is 12.8. The molecule has 0 saturated heterocycles. The Balaban J connectivity index is 1.78. The van der Waals surface area contributed by atoms with Crippen LogP contribution in [0.2, 0.25) is 0 Å². The van der Waals surface area contributed by atoms with Gasteiger partial charge in [0.1, 0.15) is 6.33 Å². The predicted molar refractivity (Wildman–Crippen MR) is 72.3 cm³/mol. The van der Waals surface area contributed by atoms with Crippen LogP contribution in [0.1, 0.15) is 22.5 Å². The summed E-state index contributed by atoms with van der Waals surface area (Å²) < 4.78 is 1.74. The van der Waals surface area contributed by atoms with Gasteiger partial charge in [0.15, 0.2) is 5.82 Å². The molecule has 1 aromatic carbocycles. The molecule has 0 fully saturated rings. The molecule has 0 aliphatic carbocycles. The number of aromatic nitrogens is 3. The fourth-order valence-corrected chi connectivity index (χ4v) is 2.10. The van der Waals surface area contributed by atoms with Gasteiger partial charge < -0.3 is 5.32 Å². The molecule has 0 spiro atoms. The average Bonchev–Trinajstić information content (AvgIpc) is 2.69. The first-order chi connectivity index (χ1) is 8.63. The van der Waals surface area contributed by atoms with Crippen LogP contribution in [0, 0.1) is 13.8 Å². The largest absolute Gasteiger partial charge is 0.312 e. The molecule has 0 amide bonds. The van der Waals surface area contributed by atoms with E-state index < -0.39 is 0 Å². The maximum absolute atomic E-state index is 4.25. The number of aryl methyl sites for hydroxylation is 3. The van der Waals surface area contributed by atoms with Crippen molar-refractivity contribution in [3.63, 3.8) is 0 Å². The van der Waals surface area contributed by atoms with Gasteiger partial charge in [-0.3, -0.25) is 4.68 Å². The van der Waals surface area contributed by atoms with E-state index in [0.29, 0.717) is 0 Å². The Kier molecular flexibility index (Phi) is 4.10. The molecular formula is C14H20N4. The van der Waals surface area contributed by atoms with Gasteiger partial charge in [0.25, 0.3) is 0 Å². The third-order valence-corrected chi connectivity index (χ3v) is 2.78. The Morgan fingerprint density at radius 1 is 1.17 bits per heavy atom. The molecule has 0 unspecified atom stereocenters. The summed E-state index contributed by atoms with van der Waals surface area (Å²) in [5, 5.41) is 7.67. The molecule has 0 radical (unpaired) electrons. The Bertz CT molecular complexity index is 496. The smallest absolute Gasteiger partial charge is 0.151 e. The van der Waals surface area contributed by atoms with Gasteiger partial charge in [-0.05, 0) is 19.4 Å². The Morgan fingerprint density at radius 3 is 2.50 bits per heavy atom. The van der Waals surface area contributed by atoms with E-state index in [2.05, 4.69) is 47.4 Å². The highest BCUT2D eigenvalue weighted by Gasteiger charge is 1.99. The Hall–Kier alpha value is -1.68. The van der Waals surface area contributed by atoms with Crippen LogP contribution in [-0.2, 0) is 20.0 Å². The lowest BCUT2D eigenvalue weighted by atomic mass is 10.1. The molecule has 0 aliphatic rings. The van der Waals surface area contributed by atoms with E-state index >= 15 is 0 Å². The minimum Gasteiger partial charge on any atom is -0.312 e. The van der Waals surface area contributed by atoms with Crippen LogP contribution in [0.3, 0.4) is 0 Å². The van der Waals surface area contributed by atoms with Crippen molar-refractivity contribution in [1.82, 2.24) is 20.1 Å². The number of benzene rings is 1. The van der Waals surface area contributed by atoms with E-state index in [9.17, 15) is 0 Å². The summed E-state index contributed by atoms with van der Waals surface area (Å²) in [6, 6.07) is 6.64. The van der Waals surface area contributed by atoms with Crippen LogP contribution in [0.15, 0.2) is 24.5 Å². The van der Waals surface area contributed by atoms with Crippen LogP contribution in [0.4, 0.5) is 0 Å². The summed E-state index contributed by atoms with van der Waals surface area (Å²) in [4.78, 5) is 4.20. The molecule has 0 saturated carbocycles. The van der Waals surface area contributed by atoms with Crippen molar-refractivity contribution in [2.24, 2.45) is 7.05 Å². The lowest BCUT2D eigenvalue weighted by Gasteiger charge is -2.06. The highest BCUT2D eigenvalue weighted by atomic mass is 15.3. The standard InChI is InChI=1S/C14H20N4/c1-11-6-12(2)8-13(7-11)9-15-5-4-14-16-10-18(3)17-14/h6-8,10,15H,4-5,9H2,1-3H3. The van der Waals surface area contributed by atoms with E-state index in [1.54, 1.807) is 11.0 Å². The van der Waals surface area contributed by atoms with Gasteiger partial charge in [-0.15, -0.1) is 0 Å². The molecule has 4 nitrogen and oxygen atoms in total. The second-order valence-corrected chi connectivity index (χ2v) is 4.76. The Morgan fingerprint density at radius 2 is 1.89 bits per heavy atom. The monoisotopic (exact) mass is 244 g/mol. The lowest BCUT2D eigenvalue weighted by Crippen LogP contribution is -2.17. The zero-order valence-corrected chi connectivity index (χ0v) is 11.3. The highest BCUT2D eigenvalue weighted by molar-refractivity contribution is 5.28. The second-order valence-electron chi connectivity index (χ2n) is 4.76. The maximum atomic E-state index is 4.25.